The summed E-state index contributed by atoms with van der Waals surface area (Å²) in [5, 5.41) is 17.7. The van der Waals surface area contributed by atoms with Crippen LogP contribution < -0.4 is 5.32 Å². The Bertz CT molecular complexity index is 647. The Morgan fingerprint density at radius 3 is 2.62 bits per heavy atom. The van der Waals surface area contributed by atoms with E-state index < -0.39 is 5.97 Å². The van der Waals surface area contributed by atoms with Crippen molar-refractivity contribution < 1.29 is 14.7 Å². The number of hydrogen-bond donors (Lipinski definition) is 3. The van der Waals surface area contributed by atoms with Crippen LogP contribution in [0.3, 0.4) is 0 Å². The predicted molar refractivity (Wildman–Crippen MR) is 75.4 cm³/mol. The number of carbonyl (C=O) groups excluding carboxylic acids is 1. The Hall–Kier alpha value is -2.96. The molecule has 0 aliphatic heterocycles. The molecule has 2 rings (SSSR count). The van der Waals surface area contributed by atoms with Gasteiger partial charge < -0.3 is 10.4 Å². The van der Waals surface area contributed by atoms with Crippen LogP contribution in [-0.4, -0.2) is 32.2 Å². The highest BCUT2D eigenvalue weighted by molar-refractivity contribution is 5.94. The van der Waals surface area contributed by atoms with E-state index in [9.17, 15) is 9.59 Å². The van der Waals surface area contributed by atoms with Gasteiger partial charge in [0.15, 0.2) is 0 Å². The molecule has 0 radical (unpaired) electrons. The van der Waals surface area contributed by atoms with Gasteiger partial charge in [-0.25, -0.2) is 9.78 Å². The van der Waals surface area contributed by atoms with Gasteiger partial charge in [-0.3, -0.25) is 9.89 Å². The third-order valence-electron chi connectivity index (χ3n) is 2.78. The fraction of sp³-hybridized carbons (Fsp3) is 0.143. The third-order valence-corrected chi connectivity index (χ3v) is 2.78. The maximum absolute atomic E-state index is 12.0. The van der Waals surface area contributed by atoms with E-state index in [1.807, 2.05) is 0 Å². The first-order chi connectivity index (χ1) is 10.1. The minimum absolute atomic E-state index is 0.243. The molecule has 0 saturated carbocycles. The second-order valence-corrected chi connectivity index (χ2v) is 4.36. The second-order valence-electron chi connectivity index (χ2n) is 4.36. The number of benzene rings is 1. The van der Waals surface area contributed by atoms with Crippen LogP contribution >= 0.6 is 0 Å². The molecule has 0 spiro atoms. The molecule has 7 heteroatoms. The van der Waals surface area contributed by atoms with Crippen LogP contribution in [0.25, 0.3) is 6.08 Å². The summed E-state index contributed by atoms with van der Waals surface area (Å²) in [6.45, 7) is 1.79. The molecule has 0 aliphatic rings. The molecule has 21 heavy (non-hydrogen) atoms. The van der Waals surface area contributed by atoms with Crippen LogP contribution in [0.15, 0.2) is 36.7 Å². The van der Waals surface area contributed by atoms with Gasteiger partial charge in [0, 0.05) is 11.6 Å². The van der Waals surface area contributed by atoms with Crippen molar-refractivity contribution in [1.82, 2.24) is 20.5 Å². The highest BCUT2D eigenvalue weighted by atomic mass is 16.4. The van der Waals surface area contributed by atoms with E-state index in [-0.39, 0.29) is 11.9 Å². The van der Waals surface area contributed by atoms with E-state index in [2.05, 4.69) is 20.5 Å². The Kier molecular flexibility index (Phi) is 4.45. The van der Waals surface area contributed by atoms with Gasteiger partial charge >= 0.3 is 5.97 Å². The van der Waals surface area contributed by atoms with Crippen molar-refractivity contribution in [1.29, 1.82) is 0 Å². The summed E-state index contributed by atoms with van der Waals surface area (Å²) < 4.78 is 0. The number of aliphatic carboxylic acids is 1. The lowest BCUT2D eigenvalue weighted by molar-refractivity contribution is -0.131. The Morgan fingerprint density at radius 2 is 2.05 bits per heavy atom. The maximum atomic E-state index is 12.0. The quantitative estimate of drug-likeness (QED) is 0.720. The summed E-state index contributed by atoms with van der Waals surface area (Å²) in [4.78, 5) is 26.4. The van der Waals surface area contributed by atoms with Gasteiger partial charge in [-0.15, -0.1) is 0 Å². The van der Waals surface area contributed by atoms with Crippen molar-refractivity contribution in [3.8, 4) is 0 Å². The summed E-state index contributed by atoms with van der Waals surface area (Å²) in [5.41, 5.74) is 1.19. The van der Waals surface area contributed by atoms with Gasteiger partial charge in [0.25, 0.3) is 5.91 Å². The molecule has 1 atom stereocenters. The number of carboxylic acids is 1. The minimum atomic E-state index is -1.02. The van der Waals surface area contributed by atoms with E-state index in [0.29, 0.717) is 17.0 Å². The molecule has 1 aromatic carbocycles. The van der Waals surface area contributed by atoms with Gasteiger partial charge in [-0.2, -0.15) is 5.10 Å². The fourth-order valence-electron chi connectivity index (χ4n) is 1.69. The molecule has 3 N–H and O–H groups in total. The standard InChI is InChI=1S/C14H14N4O3/c1-9(13-15-8-16-18-13)17-14(21)11-5-2-10(3-6-11)4-7-12(19)20/h2-9H,1H3,(H,17,21)(H,19,20)(H,15,16,18)/b7-4+. The van der Waals surface area contributed by atoms with E-state index in [4.69, 9.17) is 5.11 Å². The van der Waals surface area contributed by atoms with Crippen LogP contribution in [0.4, 0.5) is 0 Å². The van der Waals surface area contributed by atoms with Crippen molar-refractivity contribution in [2.75, 3.05) is 0 Å². The number of rotatable bonds is 5. The SMILES string of the molecule is CC(NC(=O)c1ccc(/C=C/C(=O)O)cc1)c1ncn[nH]1. The molecule has 0 saturated heterocycles. The van der Waals surface area contributed by atoms with Crippen molar-refractivity contribution in [2.24, 2.45) is 0 Å². The number of nitrogens with one attached hydrogen (secondary N) is 2. The molecule has 0 aliphatic carbocycles. The molecular weight excluding hydrogens is 272 g/mol. The molecule has 7 nitrogen and oxygen atoms in total. The van der Waals surface area contributed by atoms with Gasteiger partial charge in [0.2, 0.25) is 0 Å². The fourth-order valence-corrected chi connectivity index (χ4v) is 1.69. The predicted octanol–water partition coefficient (Wildman–Crippen LogP) is 1.39. The van der Waals surface area contributed by atoms with Gasteiger partial charge in [-0.05, 0) is 30.7 Å². The summed E-state index contributed by atoms with van der Waals surface area (Å²) in [6.07, 6.45) is 3.88. The molecule has 2 aromatic rings. The van der Waals surface area contributed by atoms with Gasteiger partial charge in [-0.1, -0.05) is 12.1 Å². The molecule has 1 unspecified atom stereocenters. The average Bonchev–Trinajstić information content (AvgIpc) is 3.00. The van der Waals surface area contributed by atoms with Crippen LogP contribution in [0.1, 0.15) is 34.7 Å². The number of aromatic amines is 1. The van der Waals surface area contributed by atoms with Crippen LogP contribution in [0, 0.1) is 0 Å². The van der Waals surface area contributed by atoms with Gasteiger partial charge in [0.1, 0.15) is 12.2 Å². The third kappa shape index (κ3) is 4.00. The number of H-pyrrole nitrogens is 1. The maximum Gasteiger partial charge on any atom is 0.328 e. The number of hydrogen-bond acceptors (Lipinski definition) is 4. The van der Waals surface area contributed by atoms with E-state index >= 15 is 0 Å². The summed E-state index contributed by atoms with van der Waals surface area (Å²) in [6, 6.07) is 6.32. The highest BCUT2D eigenvalue weighted by Gasteiger charge is 2.13. The first kappa shape index (κ1) is 14.4. The van der Waals surface area contributed by atoms with Crippen LogP contribution in [0.2, 0.25) is 0 Å². The zero-order valence-corrected chi connectivity index (χ0v) is 11.3. The molecule has 108 valence electrons. The number of nitrogens with zero attached hydrogens (tertiary/aromatic N) is 2. The number of carbonyl (C=O) groups is 2. The first-order valence-electron chi connectivity index (χ1n) is 6.23. The smallest absolute Gasteiger partial charge is 0.328 e. The van der Waals surface area contributed by atoms with E-state index in [1.54, 1.807) is 31.2 Å². The topological polar surface area (TPSA) is 108 Å². The summed E-state index contributed by atoms with van der Waals surface area (Å²) in [5.74, 6) is -0.685. The van der Waals surface area contributed by atoms with Crippen LogP contribution in [0.5, 0.6) is 0 Å². The highest BCUT2D eigenvalue weighted by Crippen LogP contribution is 2.09. The Labute approximate surface area is 120 Å². The molecule has 0 fully saturated rings. The lowest BCUT2D eigenvalue weighted by Crippen LogP contribution is -2.27. The number of carboxylic acid groups (broad SMARTS) is 1. The number of aromatic nitrogens is 3. The summed E-state index contributed by atoms with van der Waals surface area (Å²) in [7, 11) is 0. The lowest BCUT2D eigenvalue weighted by atomic mass is 10.1. The Morgan fingerprint density at radius 1 is 1.33 bits per heavy atom. The lowest BCUT2D eigenvalue weighted by Gasteiger charge is -2.11. The van der Waals surface area contributed by atoms with Crippen molar-refractivity contribution >= 4 is 18.0 Å². The molecule has 0 bridgehead atoms. The van der Waals surface area contributed by atoms with E-state index in [0.717, 1.165) is 6.08 Å². The van der Waals surface area contributed by atoms with Crippen molar-refractivity contribution in [2.45, 2.75) is 13.0 Å². The Balaban J connectivity index is 2.01. The zero-order valence-electron chi connectivity index (χ0n) is 11.3. The zero-order chi connectivity index (χ0) is 15.2. The van der Waals surface area contributed by atoms with Crippen LogP contribution in [-0.2, 0) is 4.79 Å². The van der Waals surface area contributed by atoms with Crippen molar-refractivity contribution in [3.05, 3.63) is 53.6 Å². The molecule has 1 aromatic heterocycles. The molecule has 1 amide bonds. The monoisotopic (exact) mass is 286 g/mol. The second kappa shape index (κ2) is 6.47. The average molecular weight is 286 g/mol. The first-order valence-corrected chi connectivity index (χ1v) is 6.23. The summed E-state index contributed by atoms with van der Waals surface area (Å²) >= 11 is 0. The molecular formula is C14H14N4O3. The minimum Gasteiger partial charge on any atom is -0.478 e. The number of amides is 1. The van der Waals surface area contributed by atoms with E-state index in [1.165, 1.54) is 12.4 Å². The normalized spacial score (nSPS) is 12.2. The van der Waals surface area contributed by atoms with Gasteiger partial charge in [0.05, 0.1) is 6.04 Å². The van der Waals surface area contributed by atoms with Crippen molar-refractivity contribution in [3.63, 3.8) is 0 Å². The molecule has 1 heterocycles. The largest absolute Gasteiger partial charge is 0.478 e.